The predicted molar refractivity (Wildman–Crippen MR) is 76.3 cm³/mol. The lowest BCUT2D eigenvalue weighted by Crippen LogP contribution is -2.27. The molecule has 21 heavy (non-hydrogen) atoms. The number of hydrogen-bond acceptors (Lipinski definition) is 1. The van der Waals surface area contributed by atoms with E-state index in [4.69, 9.17) is 0 Å². The molecule has 1 aliphatic rings. The molecule has 1 aliphatic carbocycles. The first-order valence-electron chi connectivity index (χ1n) is 7.38. The van der Waals surface area contributed by atoms with Gasteiger partial charge >= 0.3 is 6.18 Å². The number of fused-ring (bicyclic) bond motifs is 1. The van der Waals surface area contributed by atoms with Gasteiger partial charge in [0.15, 0.2) is 0 Å². The van der Waals surface area contributed by atoms with Crippen LogP contribution < -0.4 is 0 Å². The summed E-state index contributed by atoms with van der Waals surface area (Å²) in [5.41, 5.74) is 4.26. The summed E-state index contributed by atoms with van der Waals surface area (Å²) in [6.45, 7) is 4.08. The first-order valence-corrected chi connectivity index (χ1v) is 7.38. The Hall–Kier alpha value is -1.52. The fourth-order valence-electron chi connectivity index (χ4n) is 3.18. The summed E-state index contributed by atoms with van der Waals surface area (Å²) in [6, 6.07) is 4.09. The largest absolute Gasteiger partial charge is 0.391 e. The maximum Gasteiger partial charge on any atom is 0.391 e. The predicted octanol–water partition coefficient (Wildman–Crippen LogP) is 5.02. The molecule has 0 atom stereocenters. The van der Waals surface area contributed by atoms with Gasteiger partial charge in [-0.2, -0.15) is 13.2 Å². The Morgan fingerprint density at radius 2 is 1.67 bits per heavy atom. The van der Waals surface area contributed by atoms with Crippen molar-refractivity contribution in [3.8, 4) is 0 Å². The number of hydrogen-bond donors (Lipinski definition) is 1. The van der Waals surface area contributed by atoms with Crippen LogP contribution in [0.15, 0.2) is 12.1 Å². The van der Waals surface area contributed by atoms with Gasteiger partial charge in [-0.1, -0.05) is 0 Å². The number of nitrogens with one attached hydrogen (secondary N) is 1. The maximum absolute atomic E-state index is 12.7. The molecule has 3 rings (SSSR count). The Morgan fingerprint density at radius 1 is 1.05 bits per heavy atom. The molecule has 2 nitrogen and oxygen atoms in total. The highest BCUT2D eigenvalue weighted by Crippen LogP contribution is 2.42. The number of rotatable bonds is 1. The number of halogens is 3. The Labute approximate surface area is 121 Å². The number of imidazole rings is 1. The standard InChI is InChI=1S/C16H19F3N2/c1-9-7-13-14(8-10(9)2)21-15(20-13)11-3-5-12(6-4-11)16(17,18)19/h7-8,11-12H,3-6H2,1-2H3,(H,20,21). The third-order valence-corrected chi connectivity index (χ3v) is 4.69. The lowest BCUT2D eigenvalue weighted by Gasteiger charge is -2.28. The SMILES string of the molecule is Cc1cc2nc(C3CCC(C(F)(F)F)CC3)[nH]c2cc1C. The van der Waals surface area contributed by atoms with E-state index in [1.54, 1.807) is 0 Å². The van der Waals surface area contributed by atoms with E-state index in [2.05, 4.69) is 16.0 Å². The molecule has 0 spiro atoms. The van der Waals surface area contributed by atoms with Crippen molar-refractivity contribution in [1.29, 1.82) is 0 Å². The summed E-state index contributed by atoms with van der Waals surface area (Å²) in [4.78, 5) is 7.88. The first-order chi connectivity index (χ1) is 9.84. The van der Waals surface area contributed by atoms with Gasteiger partial charge in [-0.3, -0.25) is 0 Å². The third kappa shape index (κ3) is 2.78. The summed E-state index contributed by atoms with van der Waals surface area (Å²) in [5.74, 6) is -0.171. The van der Waals surface area contributed by atoms with Gasteiger partial charge in [0, 0.05) is 5.92 Å². The third-order valence-electron chi connectivity index (χ3n) is 4.69. The van der Waals surface area contributed by atoms with Gasteiger partial charge < -0.3 is 4.98 Å². The molecule has 1 aromatic heterocycles. The molecule has 0 amide bonds. The molecule has 1 heterocycles. The van der Waals surface area contributed by atoms with Crippen molar-refractivity contribution in [2.24, 2.45) is 5.92 Å². The van der Waals surface area contributed by atoms with Crippen molar-refractivity contribution in [2.45, 2.75) is 51.6 Å². The minimum Gasteiger partial charge on any atom is -0.342 e. The highest BCUT2D eigenvalue weighted by atomic mass is 19.4. The van der Waals surface area contributed by atoms with Crippen molar-refractivity contribution in [3.63, 3.8) is 0 Å². The Morgan fingerprint density at radius 3 is 2.29 bits per heavy atom. The lowest BCUT2D eigenvalue weighted by atomic mass is 9.81. The monoisotopic (exact) mass is 296 g/mol. The number of aromatic nitrogens is 2. The van der Waals surface area contributed by atoms with Gasteiger partial charge in [0.2, 0.25) is 0 Å². The quantitative estimate of drug-likeness (QED) is 0.786. The highest BCUT2D eigenvalue weighted by Gasteiger charge is 2.41. The average Bonchev–Trinajstić information content (AvgIpc) is 2.81. The smallest absolute Gasteiger partial charge is 0.342 e. The van der Waals surface area contributed by atoms with Crippen LogP contribution in [-0.2, 0) is 0 Å². The van der Waals surface area contributed by atoms with Crippen LogP contribution >= 0.6 is 0 Å². The normalized spacial score (nSPS) is 23.7. The van der Waals surface area contributed by atoms with E-state index >= 15 is 0 Å². The second-order valence-electron chi connectivity index (χ2n) is 6.17. The van der Waals surface area contributed by atoms with Crippen molar-refractivity contribution in [2.75, 3.05) is 0 Å². The zero-order valence-corrected chi connectivity index (χ0v) is 12.2. The van der Waals surface area contributed by atoms with E-state index in [-0.39, 0.29) is 18.8 Å². The van der Waals surface area contributed by atoms with E-state index < -0.39 is 12.1 Å². The summed E-state index contributed by atoms with van der Waals surface area (Å²) < 4.78 is 38.1. The molecule has 5 heteroatoms. The number of aryl methyl sites for hydroxylation is 2. The molecule has 0 unspecified atom stereocenters. The maximum atomic E-state index is 12.7. The van der Waals surface area contributed by atoms with Crippen molar-refractivity contribution < 1.29 is 13.2 Å². The number of nitrogens with zero attached hydrogens (tertiary/aromatic N) is 1. The summed E-state index contributed by atoms with van der Waals surface area (Å²) in [7, 11) is 0. The van der Waals surface area contributed by atoms with Crippen LogP contribution in [0.3, 0.4) is 0 Å². The van der Waals surface area contributed by atoms with E-state index in [1.165, 1.54) is 11.1 Å². The van der Waals surface area contributed by atoms with Gasteiger partial charge in [0.1, 0.15) is 5.82 Å². The van der Waals surface area contributed by atoms with Crippen LogP contribution in [0.5, 0.6) is 0 Å². The molecule has 0 radical (unpaired) electrons. The second kappa shape index (κ2) is 5.04. The average molecular weight is 296 g/mol. The van der Waals surface area contributed by atoms with Crippen molar-refractivity contribution in [3.05, 3.63) is 29.1 Å². The molecule has 1 aromatic carbocycles. The fraction of sp³-hybridized carbons (Fsp3) is 0.562. The number of H-pyrrole nitrogens is 1. The molecular weight excluding hydrogens is 277 g/mol. The zero-order chi connectivity index (χ0) is 15.2. The van der Waals surface area contributed by atoms with Gasteiger partial charge in [0.05, 0.1) is 17.0 Å². The molecule has 1 N–H and O–H groups in total. The van der Waals surface area contributed by atoms with Crippen LogP contribution in [0.25, 0.3) is 11.0 Å². The van der Waals surface area contributed by atoms with Crippen LogP contribution in [0.4, 0.5) is 13.2 Å². The summed E-state index contributed by atoms with van der Waals surface area (Å²) in [5, 5.41) is 0. The van der Waals surface area contributed by atoms with Gasteiger partial charge in [-0.25, -0.2) is 4.98 Å². The summed E-state index contributed by atoms with van der Waals surface area (Å²) in [6.07, 6.45) is -2.51. The van der Waals surface area contributed by atoms with Crippen molar-refractivity contribution >= 4 is 11.0 Å². The molecule has 1 fully saturated rings. The number of benzene rings is 1. The molecular formula is C16H19F3N2. The van der Waals surface area contributed by atoms with E-state index in [0.29, 0.717) is 12.8 Å². The van der Waals surface area contributed by atoms with Crippen LogP contribution in [0, 0.1) is 19.8 Å². The first kappa shape index (κ1) is 14.4. The van der Waals surface area contributed by atoms with E-state index in [0.717, 1.165) is 16.9 Å². The van der Waals surface area contributed by atoms with Gasteiger partial charge in [0.25, 0.3) is 0 Å². The van der Waals surface area contributed by atoms with E-state index in [1.807, 2.05) is 19.9 Å². The zero-order valence-electron chi connectivity index (χ0n) is 12.2. The number of alkyl halides is 3. The van der Waals surface area contributed by atoms with E-state index in [9.17, 15) is 13.2 Å². The topological polar surface area (TPSA) is 28.7 Å². The lowest BCUT2D eigenvalue weighted by molar-refractivity contribution is -0.182. The highest BCUT2D eigenvalue weighted by molar-refractivity contribution is 5.77. The minimum absolute atomic E-state index is 0.122. The van der Waals surface area contributed by atoms with Crippen LogP contribution in [-0.4, -0.2) is 16.1 Å². The van der Waals surface area contributed by atoms with Crippen LogP contribution in [0.1, 0.15) is 48.6 Å². The summed E-state index contributed by atoms with van der Waals surface area (Å²) >= 11 is 0. The molecule has 0 aliphatic heterocycles. The molecule has 0 saturated heterocycles. The fourth-order valence-corrected chi connectivity index (χ4v) is 3.18. The Balaban J connectivity index is 1.79. The van der Waals surface area contributed by atoms with Crippen LogP contribution in [0.2, 0.25) is 0 Å². The molecule has 114 valence electrons. The Bertz CT molecular complexity index is 610. The molecule has 2 aromatic rings. The van der Waals surface area contributed by atoms with Gasteiger partial charge in [-0.05, 0) is 62.8 Å². The Kier molecular flexibility index (Phi) is 3.46. The van der Waals surface area contributed by atoms with Gasteiger partial charge in [-0.15, -0.1) is 0 Å². The van der Waals surface area contributed by atoms with Crippen molar-refractivity contribution in [1.82, 2.24) is 9.97 Å². The number of aromatic amines is 1. The minimum atomic E-state index is -4.05. The second-order valence-corrected chi connectivity index (χ2v) is 6.17. The molecule has 1 saturated carbocycles. The molecule has 0 bridgehead atoms.